The molecular formula is C17H19N3O4S. The second-order valence-electron chi connectivity index (χ2n) is 5.75. The number of carbonyl (C=O) groups is 2. The van der Waals surface area contributed by atoms with E-state index in [1.807, 2.05) is 0 Å². The minimum Gasteiger partial charge on any atom is -0.482 e. The normalized spacial score (nSPS) is 14.9. The van der Waals surface area contributed by atoms with Crippen LogP contribution in [0.1, 0.15) is 33.4 Å². The molecule has 0 unspecified atom stereocenters. The number of nitrogens with one attached hydrogen (secondary N) is 2. The third kappa shape index (κ3) is 4.77. The summed E-state index contributed by atoms with van der Waals surface area (Å²) in [5, 5.41) is 15.7. The summed E-state index contributed by atoms with van der Waals surface area (Å²) in [4.78, 5) is 27.8. The van der Waals surface area contributed by atoms with Crippen molar-refractivity contribution in [1.29, 1.82) is 0 Å². The number of hydrogen-bond acceptors (Lipinski definition) is 6. The molecule has 2 heterocycles. The van der Waals surface area contributed by atoms with Crippen molar-refractivity contribution in [3.8, 4) is 5.75 Å². The minimum absolute atomic E-state index is 0.197. The van der Waals surface area contributed by atoms with Crippen LogP contribution in [0.4, 0.5) is 5.69 Å². The van der Waals surface area contributed by atoms with Gasteiger partial charge in [0.1, 0.15) is 10.6 Å². The van der Waals surface area contributed by atoms with Gasteiger partial charge in [-0.3, -0.25) is 4.79 Å². The number of thiazole rings is 1. The van der Waals surface area contributed by atoms with E-state index in [0.29, 0.717) is 22.2 Å². The number of anilines is 1. The Labute approximate surface area is 149 Å². The molecule has 0 saturated carbocycles. The van der Waals surface area contributed by atoms with E-state index >= 15 is 0 Å². The van der Waals surface area contributed by atoms with Gasteiger partial charge in [0.2, 0.25) is 0 Å². The number of piperidine rings is 1. The van der Waals surface area contributed by atoms with Crippen LogP contribution in [0.2, 0.25) is 0 Å². The van der Waals surface area contributed by atoms with Crippen molar-refractivity contribution in [2.45, 2.75) is 18.8 Å². The van der Waals surface area contributed by atoms with Crippen molar-refractivity contribution < 1.29 is 19.4 Å². The molecule has 1 aromatic carbocycles. The largest absolute Gasteiger partial charge is 0.482 e. The third-order valence-corrected chi connectivity index (χ3v) is 5.07. The first-order chi connectivity index (χ1) is 12.1. The number of rotatable bonds is 6. The number of amides is 1. The summed E-state index contributed by atoms with van der Waals surface area (Å²) in [6, 6.07) is 6.57. The van der Waals surface area contributed by atoms with Gasteiger partial charge in [0.05, 0.1) is 11.2 Å². The lowest BCUT2D eigenvalue weighted by atomic mass is 9.99. The van der Waals surface area contributed by atoms with Crippen LogP contribution < -0.4 is 15.4 Å². The maximum Gasteiger partial charge on any atom is 0.341 e. The lowest BCUT2D eigenvalue weighted by molar-refractivity contribution is -0.139. The summed E-state index contributed by atoms with van der Waals surface area (Å²) in [5.74, 6) is -0.367. The van der Waals surface area contributed by atoms with E-state index in [4.69, 9.17) is 9.84 Å². The van der Waals surface area contributed by atoms with Crippen molar-refractivity contribution in [3.05, 3.63) is 40.3 Å². The minimum atomic E-state index is -1.04. The van der Waals surface area contributed by atoms with Crippen LogP contribution in [0.3, 0.4) is 0 Å². The van der Waals surface area contributed by atoms with Gasteiger partial charge in [-0.05, 0) is 50.2 Å². The van der Waals surface area contributed by atoms with Crippen molar-refractivity contribution >= 4 is 28.9 Å². The molecule has 1 aliphatic heterocycles. The van der Waals surface area contributed by atoms with E-state index in [0.717, 1.165) is 30.9 Å². The molecule has 1 fully saturated rings. The van der Waals surface area contributed by atoms with Gasteiger partial charge in [0.25, 0.3) is 5.91 Å². The molecule has 0 spiro atoms. The smallest absolute Gasteiger partial charge is 0.341 e. The zero-order valence-electron chi connectivity index (χ0n) is 13.5. The van der Waals surface area contributed by atoms with Crippen LogP contribution in [0.25, 0.3) is 0 Å². The molecule has 0 radical (unpaired) electrons. The zero-order valence-corrected chi connectivity index (χ0v) is 14.3. The predicted molar refractivity (Wildman–Crippen MR) is 94.5 cm³/mol. The molecule has 1 saturated heterocycles. The number of nitrogens with zero attached hydrogens (tertiary/aromatic N) is 1. The van der Waals surface area contributed by atoms with Gasteiger partial charge < -0.3 is 20.5 Å². The fourth-order valence-corrected chi connectivity index (χ4v) is 3.60. The van der Waals surface area contributed by atoms with Crippen LogP contribution >= 0.6 is 11.3 Å². The van der Waals surface area contributed by atoms with E-state index in [1.54, 1.807) is 30.5 Å². The van der Waals surface area contributed by atoms with E-state index in [-0.39, 0.29) is 5.91 Å². The zero-order chi connectivity index (χ0) is 17.6. The summed E-state index contributed by atoms with van der Waals surface area (Å²) in [6.45, 7) is 1.58. The van der Waals surface area contributed by atoms with Crippen molar-refractivity contribution in [2.24, 2.45) is 0 Å². The molecule has 25 heavy (non-hydrogen) atoms. The van der Waals surface area contributed by atoms with Gasteiger partial charge in [-0.1, -0.05) is 0 Å². The summed E-state index contributed by atoms with van der Waals surface area (Å²) >= 11 is 1.44. The molecule has 3 rings (SSSR count). The molecule has 0 atom stereocenters. The highest BCUT2D eigenvalue weighted by atomic mass is 32.1. The van der Waals surface area contributed by atoms with Crippen LogP contribution in [0.15, 0.2) is 30.5 Å². The Hall–Kier alpha value is -2.45. The average molecular weight is 361 g/mol. The fraction of sp³-hybridized carbons (Fsp3) is 0.353. The first-order valence-electron chi connectivity index (χ1n) is 8.04. The summed E-state index contributed by atoms with van der Waals surface area (Å²) < 4.78 is 5.06. The summed E-state index contributed by atoms with van der Waals surface area (Å²) in [7, 11) is 0. The molecule has 2 aromatic rings. The van der Waals surface area contributed by atoms with Gasteiger partial charge in [0.15, 0.2) is 6.61 Å². The van der Waals surface area contributed by atoms with E-state index < -0.39 is 12.6 Å². The first kappa shape index (κ1) is 17.4. The number of carboxylic acids is 1. The molecule has 8 heteroatoms. The highest BCUT2D eigenvalue weighted by Crippen LogP contribution is 2.29. The molecule has 1 amide bonds. The van der Waals surface area contributed by atoms with Crippen molar-refractivity contribution in [1.82, 2.24) is 10.3 Å². The number of benzene rings is 1. The van der Waals surface area contributed by atoms with Crippen molar-refractivity contribution in [2.75, 3.05) is 25.0 Å². The molecule has 7 nitrogen and oxygen atoms in total. The number of carboxylic acid groups (broad SMARTS) is 1. The SMILES string of the molecule is O=C(O)COc1ccc(NC(=O)c2cnc(C3CCNCC3)s2)cc1. The molecule has 3 N–H and O–H groups in total. The molecule has 0 aliphatic carbocycles. The van der Waals surface area contributed by atoms with Crippen LogP contribution in [-0.4, -0.2) is 41.7 Å². The molecule has 1 aliphatic rings. The second-order valence-corrected chi connectivity index (χ2v) is 6.81. The van der Waals surface area contributed by atoms with E-state index in [1.165, 1.54) is 11.3 Å². The van der Waals surface area contributed by atoms with Crippen molar-refractivity contribution in [3.63, 3.8) is 0 Å². The van der Waals surface area contributed by atoms with E-state index in [2.05, 4.69) is 15.6 Å². The van der Waals surface area contributed by atoms with Gasteiger partial charge in [-0.25, -0.2) is 9.78 Å². The fourth-order valence-electron chi connectivity index (χ4n) is 2.62. The lowest BCUT2D eigenvalue weighted by Crippen LogP contribution is -2.26. The first-order valence-corrected chi connectivity index (χ1v) is 8.86. The highest BCUT2D eigenvalue weighted by molar-refractivity contribution is 7.13. The Morgan fingerprint density at radius 2 is 2.00 bits per heavy atom. The number of aliphatic carboxylic acids is 1. The standard InChI is InChI=1S/C17H19N3O4S/c21-15(22)10-24-13-3-1-12(2-4-13)20-16(23)14-9-19-17(25-14)11-5-7-18-8-6-11/h1-4,9,11,18H,5-8,10H2,(H,20,23)(H,21,22). The highest BCUT2D eigenvalue weighted by Gasteiger charge is 2.20. The Kier molecular flexibility index (Phi) is 5.62. The summed E-state index contributed by atoms with van der Waals surface area (Å²) in [5.41, 5.74) is 0.615. The number of aromatic nitrogens is 1. The average Bonchev–Trinajstić information content (AvgIpc) is 3.12. The van der Waals surface area contributed by atoms with Crippen LogP contribution in [0.5, 0.6) is 5.75 Å². The topological polar surface area (TPSA) is 101 Å². The Bertz CT molecular complexity index is 739. The maximum atomic E-state index is 12.3. The Morgan fingerprint density at radius 1 is 1.28 bits per heavy atom. The third-order valence-electron chi connectivity index (χ3n) is 3.91. The maximum absolute atomic E-state index is 12.3. The molecule has 0 bridgehead atoms. The molecule has 1 aromatic heterocycles. The summed E-state index contributed by atoms with van der Waals surface area (Å²) in [6.07, 6.45) is 3.72. The van der Waals surface area contributed by atoms with Gasteiger partial charge in [0, 0.05) is 11.6 Å². The quantitative estimate of drug-likeness (QED) is 0.730. The van der Waals surface area contributed by atoms with Gasteiger partial charge in [-0.2, -0.15) is 0 Å². The molecular weight excluding hydrogens is 342 g/mol. The second kappa shape index (κ2) is 8.09. The Morgan fingerprint density at radius 3 is 2.68 bits per heavy atom. The van der Waals surface area contributed by atoms with Gasteiger partial charge >= 0.3 is 5.97 Å². The molecule has 132 valence electrons. The van der Waals surface area contributed by atoms with Gasteiger partial charge in [-0.15, -0.1) is 11.3 Å². The predicted octanol–water partition coefficient (Wildman–Crippen LogP) is 2.33. The van der Waals surface area contributed by atoms with E-state index in [9.17, 15) is 9.59 Å². The number of hydrogen-bond donors (Lipinski definition) is 3. The monoisotopic (exact) mass is 361 g/mol. The lowest BCUT2D eigenvalue weighted by Gasteiger charge is -2.20. The number of carbonyl (C=O) groups excluding carboxylic acids is 1. The van der Waals surface area contributed by atoms with Crippen LogP contribution in [0, 0.1) is 0 Å². The van der Waals surface area contributed by atoms with Crippen LogP contribution in [-0.2, 0) is 4.79 Å². The Balaban J connectivity index is 1.58. The number of ether oxygens (including phenoxy) is 1.